The second-order valence-corrected chi connectivity index (χ2v) is 11.2. The predicted octanol–water partition coefficient (Wildman–Crippen LogP) is 6.65. The molecule has 0 aliphatic carbocycles. The van der Waals surface area contributed by atoms with E-state index >= 15 is 0 Å². The molecule has 0 spiro atoms. The van der Waals surface area contributed by atoms with Crippen molar-refractivity contribution in [2.24, 2.45) is 11.3 Å². The van der Waals surface area contributed by atoms with Crippen molar-refractivity contribution in [3.05, 3.63) is 29.3 Å². The summed E-state index contributed by atoms with van der Waals surface area (Å²) in [5.41, 5.74) is 1.21. The van der Waals surface area contributed by atoms with Crippen LogP contribution in [0.5, 0.6) is 0 Å². The lowest BCUT2D eigenvalue weighted by atomic mass is 9.90. The van der Waals surface area contributed by atoms with Crippen LogP contribution in [0.4, 0.5) is 5.69 Å². The van der Waals surface area contributed by atoms with Gasteiger partial charge < -0.3 is 10.2 Å². The van der Waals surface area contributed by atoms with Crippen LogP contribution in [0.25, 0.3) is 0 Å². The lowest BCUT2D eigenvalue weighted by Gasteiger charge is -2.49. The summed E-state index contributed by atoms with van der Waals surface area (Å²) in [6.45, 7) is 15.0. The fraction of sp³-hybridized carbons (Fsp3) is 0.650. The van der Waals surface area contributed by atoms with Gasteiger partial charge in [-0.2, -0.15) is 0 Å². The number of benzene rings is 1. The molecule has 0 radical (unpaired) electrons. The number of anilines is 1. The molecular formula is C20H31ClN2S2. The third-order valence-electron chi connectivity index (χ3n) is 4.95. The minimum Gasteiger partial charge on any atom is -0.337 e. The van der Waals surface area contributed by atoms with E-state index < -0.39 is 0 Å². The second kappa shape index (κ2) is 8.06. The molecule has 140 valence electrons. The van der Waals surface area contributed by atoms with Crippen LogP contribution in [0.2, 0.25) is 5.02 Å². The first kappa shape index (κ1) is 20.9. The summed E-state index contributed by atoms with van der Waals surface area (Å²) in [7, 11) is 0. The van der Waals surface area contributed by atoms with Crippen LogP contribution in [-0.2, 0) is 0 Å². The summed E-state index contributed by atoms with van der Waals surface area (Å²) in [4.78, 5) is 2.37. The number of hydrogen-bond acceptors (Lipinski definition) is 2. The van der Waals surface area contributed by atoms with E-state index in [-0.39, 0.29) is 5.41 Å². The minimum absolute atomic E-state index is 0.261. The van der Waals surface area contributed by atoms with Gasteiger partial charge in [-0.1, -0.05) is 59.2 Å². The molecule has 0 amide bonds. The maximum atomic E-state index is 6.10. The zero-order valence-corrected chi connectivity index (χ0v) is 18.6. The molecule has 1 heterocycles. The number of thiocarbonyl (C=S) groups is 1. The van der Waals surface area contributed by atoms with Gasteiger partial charge in [0.1, 0.15) is 0 Å². The molecule has 1 aliphatic rings. The van der Waals surface area contributed by atoms with Crippen LogP contribution in [-0.4, -0.2) is 26.7 Å². The Bertz CT molecular complexity index is 612. The Labute approximate surface area is 168 Å². The number of hydrogen-bond donors (Lipinski definition) is 1. The Kier molecular flexibility index (Phi) is 6.72. The fourth-order valence-corrected chi connectivity index (χ4v) is 5.63. The van der Waals surface area contributed by atoms with Crippen LogP contribution in [0.15, 0.2) is 24.3 Å². The average Bonchev–Trinajstić information content (AvgIpc) is 2.45. The molecule has 5 heteroatoms. The third-order valence-corrected chi connectivity index (χ3v) is 7.43. The normalized spacial score (nSPS) is 24.5. The van der Waals surface area contributed by atoms with Crippen molar-refractivity contribution < 1.29 is 0 Å². The quantitative estimate of drug-likeness (QED) is 0.572. The Balaban J connectivity index is 2.17. The summed E-state index contributed by atoms with van der Waals surface area (Å²) in [6.07, 6.45) is 2.25. The fourth-order valence-electron chi connectivity index (χ4n) is 3.01. The summed E-state index contributed by atoms with van der Waals surface area (Å²) in [6, 6.07) is 7.75. The standard InChI is InChI=1S/C20H31ClN2S2/c1-14(2)20(6)10-11-23(17(25-20)13-19(3,4)5)18(24)22-16-9-7-8-15(21)12-16/h7-9,12,14,17H,10-11,13H2,1-6H3,(H,22,24). The van der Waals surface area contributed by atoms with Crippen LogP contribution >= 0.6 is 35.6 Å². The molecule has 2 nitrogen and oxygen atoms in total. The van der Waals surface area contributed by atoms with Crippen molar-refractivity contribution >= 4 is 46.4 Å². The SMILES string of the molecule is CC(C)C1(C)CCN(C(=S)Nc2cccc(Cl)c2)C(CC(C)(C)C)S1. The lowest BCUT2D eigenvalue weighted by molar-refractivity contribution is 0.250. The molecule has 1 aromatic carbocycles. The van der Waals surface area contributed by atoms with Crippen molar-refractivity contribution in [1.29, 1.82) is 0 Å². The van der Waals surface area contributed by atoms with Crippen LogP contribution in [0.1, 0.15) is 54.4 Å². The number of nitrogens with one attached hydrogen (secondary N) is 1. The minimum atomic E-state index is 0.261. The van der Waals surface area contributed by atoms with Gasteiger partial charge in [0.15, 0.2) is 5.11 Å². The van der Waals surface area contributed by atoms with E-state index in [0.717, 1.165) is 35.2 Å². The Morgan fingerprint density at radius 2 is 2.12 bits per heavy atom. The third kappa shape index (κ3) is 5.77. The van der Waals surface area contributed by atoms with E-state index in [4.69, 9.17) is 23.8 Å². The molecule has 0 bridgehead atoms. The molecule has 1 fully saturated rings. The molecule has 0 aromatic heterocycles. The summed E-state index contributed by atoms with van der Waals surface area (Å²) in [5, 5.41) is 5.30. The Morgan fingerprint density at radius 1 is 1.44 bits per heavy atom. The highest BCUT2D eigenvalue weighted by atomic mass is 35.5. The zero-order valence-electron chi connectivity index (χ0n) is 16.2. The molecule has 25 heavy (non-hydrogen) atoms. The molecule has 2 atom stereocenters. The molecule has 0 saturated carbocycles. The molecule has 2 rings (SSSR count). The van der Waals surface area contributed by atoms with E-state index in [2.05, 4.69) is 63.5 Å². The van der Waals surface area contributed by atoms with Gasteiger partial charge in [-0.3, -0.25) is 0 Å². The molecule has 2 unspecified atom stereocenters. The molecule has 1 aliphatic heterocycles. The summed E-state index contributed by atoms with van der Waals surface area (Å²) >= 11 is 14.0. The van der Waals surface area contributed by atoms with Crippen LogP contribution in [0.3, 0.4) is 0 Å². The predicted molar refractivity (Wildman–Crippen MR) is 118 cm³/mol. The first-order valence-corrected chi connectivity index (χ1v) is 10.7. The van der Waals surface area contributed by atoms with Crippen molar-refractivity contribution in [1.82, 2.24) is 4.90 Å². The zero-order chi connectivity index (χ0) is 18.8. The largest absolute Gasteiger partial charge is 0.337 e. The Hall–Kier alpha value is -0.450. The smallest absolute Gasteiger partial charge is 0.174 e. The Morgan fingerprint density at radius 3 is 2.68 bits per heavy atom. The summed E-state index contributed by atoms with van der Waals surface area (Å²) < 4.78 is 0.304. The monoisotopic (exact) mass is 398 g/mol. The van der Waals surface area contributed by atoms with Crippen LogP contribution < -0.4 is 5.32 Å². The van der Waals surface area contributed by atoms with E-state index in [1.54, 1.807) is 0 Å². The van der Waals surface area contributed by atoms with Crippen molar-refractivity contribution in [3.63, 3.8) is 0 Å². The topological polar surface area (TPSA) is 15.3 Å². The van der Waals surface area contributed by atoms with Gasteiger partial charge in [-0.15, -0.1) is 11.8 Å². The highest BCUT2D eigenvalue weighted by molar-refractivity contribution is 8.01. The first-order valence-electron chi connectivity index (χ1n) is 9.01. The van der Waals surface area contributed by atoms with Crippen molar-refractivity contribution in [2.45, 2.75) is 64.5 Å². The van der Waals surface area contributed by atoms with Crippen molar-refractivity contribution in [3.8, 4) is 0 Å². The molecule has 1 N–H and O–H groups in total. The van der Waals surface area contributed by atoms with Gasteiger partial charge in [0.25, 0.3) is 0 Å². The van der Waals surface area contributed by atoms with E-state index in [1.807, 2.05) is 24.3 Å². The molecular weight excluding hydrogens is 368 g/mol. The molecule has 1 aromatic rings. The van der Waals surface area contributed by atoms with Gasteiger partial charge in [-0.05, 0) is 54.6 Å². The highest BCUT2D eigenvalue weighted by Crippen LogP contribution is 2.47. The van der Waals surface area contributed by atoms with Gasteiger partial charge >= 0.3 is 0 Å². The maximum Gasteiger partial charge on any atom is 0.174 e. The van der Waals surface area contributed by atoms with Gasteiger partial charge in [0.05, 0.1) is 5.37 Å². The maximum absolute atomic E-state index is 6.10. The number of halogens is 1. The van der Waals surface area contributed by atoms with E-state index in [0.29, 0.717) is 16.0 Å². The number of nitrogens with zero attached hydrogens (tertiary/aromatic N) is 1. The summed E-state index contributed by atoms with van der Waals surface area (Å²) in [5.74, 6) is 0.650. The van der Waals surface area contributed by atoms with E-state index in [1.165, 1.54) is 0 Å². The highest BCUT2D eigenvalue weighted by Gasteiger charge is 2.41. The first-order chi connectivity index (χ1) is 11.5. The average molecular weight is 399 g/mol. The second-order valence-electron chi connectivity index (χ2n) is 8.69. The molecule has 1 saturated heterocycles. The lowest BCUT2D eigenvalue weighted by Crippen LogP contribution is -2.51. The van der Waals surface area contributed by atoms with Gasteiger partial charge in [-0.25, -0.2) is 0 Å². The van der Waals surface area contributed by atoms with Gasteiger partial charge in [0, 0.05) is 22.0 Å². The number of thioether (sulfide) groups is 1. The van der Waals surface area contributed by atoms with Crippen molar-refractivity contribution in [2.75, 3.05) is 11.9 Å². The number of rotatable bonds is 3. The van der Waals surface area contributed by atoms with E-state index in [9.17, 15) is 0 Å². The van der Waals surface area contributed by atoms with Gasteiger partial charge in [0.2, 0.25) is 0 Å². The van der Waals surface area contributed by atoms with Crippen LogP contribution in [0, 0.1) is 11.3 Å².